The summed E-state index contributed by atoms with van der Waals surface area (Å²) in [5.74, 6) is 0.325. The molecule has 0 aromatic heterocycles. The van der Waals surface area contributed by atoms with Gasteiger partial charge in [0.05, 0.1) is 7.11 Å². The molecule has 1 N–H and O–H groups in total. The Balaban J connectivity index is 1.69. The van der Waals surface area contributed by atoms with Gasteiger partial charge < -0.3 is 10.1 Å². The van der Waals surface area contributed by atoms with Gasteiger partial charge in [-0.2, -0.15) is 0 Å². The number of hydrogen-bond donors (Lipinski definition) is 1. The number of rotatable bonds is 5. The lowest BCUT2D eigenvalue weighted by Gasteiger charge is -2.44. The number of methoxy groups -OCH3 is 1. The summed E-state index contributed by atoms with van der Waals surface area (Å²) < 4.78 is 5.25. The fourth-order valence-electron chi connectivity index (χ4n) is 4.07. The summed E-state index contributed by atoms with van der Waals surface area (Å²) in [6, 6.07) is 22.8. The zero-order valence-electron chi connectivity index (χ0n) is 18.0. The Morgan fingerprint density at radius 3 is 2.39 bits per heavy atom. The summed E-state index contributed by atoms with van der Waals surface area (Å²) in [5, 5.41) is 3.04. The maximum Gasteiger partial charge on any atom is 0.259 e. The van der Waals surface area contributed by atoms with Crippen LogP contribution >= 0.6 is 0 Å². The van der Waals surface area contributed by atoms with Crippen molar-refractivity contribution in [3.8, 4) is 5.75 Å². The topological polar surface area (TPSA) is 58.6 Å². The van der Waals surface area contributed by atoms with Crippen molar-refractivity contribution < 1.29 is 14.3 Å². The lowest BCUT2D eigenvalue weighted by atomic mass is 9.82. The summed E-state index contributed by atoms with van der Waals surface area (Å²) in [7, 11) is 1.60. The van der Waals surface area contributed by atoms with Gasteiger partial charge >= 0.3 is 0 Å². The number of ether oxygens (including phenoxy) is 1. The molecule has 1 aliphatic rings. The molecule has 0 spiro atoms. The number of nitrogens with zero attached hydrogens (tertiary/aromatic N) is 1. The van der Waals surface area contributed by atoms with Gasteiger partial charge in [-0.25, -0.2) is 0 Å². The second kappa shape index (κ2) is 8.26. The Morgan fingerprint density at radius 2 is 1.71 bits per heavy atom. The molecule has 0 bridgehead atoms. The molecule has 4 rings (SSSR count). The SMILES string of the molecule is COc1ccc(N2C(=O)c3ccccc3CC2(C)C(=O)NCc2ccc(C)cc2)cc1. The van der Waals surface area contributed by atoms with E-state index in [4.69, 9.17) is 4.74 Å². The van der Waals surface area contributed by atoms with E-state index in [2.05, 4.69) is 5.32 Å². The first-order valence-electron chi connectivity index (χ1n) is 10.3. The van der Waals surface area contributed by atoms with Crippen molar-refractivity contribution in [1.29, 1.82) is 0 Å². The molecule has 1 atom stereocenters. The number of aryl methyl sites for hydroxylation is 1. The van der Waals surface area contributed by atoms with Crippen molar-refractivity contribution in [3.63, 3.8) is 0 Å². The Labute approximate surface area is 182 Å². The van der Waals surface area contributed by atoms with Crippen LogP contribution in [0.4, 0.5) is 5.69 Å². The molecule has 0 saturated heterocycles. The fourth-order valence-corrected chi connectivity index (χ4v) is 4.07. The molecule has 1 aliphatic heterocycles. The minimum absolute atomic E-state index is 0.181. The highest BCUT2D eigenvalue weighted by Crippen LogP contribution is 2.36. The Morgan fingerprint density at radius 1 is 1.03 bits per heavy atom. The van der Waals surface area contributed by atoms with Crippen LogP contribution < -0.4 is 15.0 Å². The van der Waals surface area contributed by atoms with Crippen molar-refractivity contribution in [2.24, 2.45) is 0 Å². The van der Waals surface area contributed by atoms with E-state index >= 15 is 0 Å². The van der Waals surface area contributed by atoms with Gasteiger partial charge in [-0.05, 0) is 55.3 Å². The van der Waals surface area contributed by atoms with E-state index in [1.807, 2.05) is 74.5 Å². The van der Waals surface area contributed by atoms with E-state index in [1.54, 1.807) is 24.1 Å². The summed E-state index contributed by atoms with van der Waals surface area (Å²) in [4.78, 5) is 28.6. The van der Waals surface area contributed by atoms with Crippen LogP contribution in [0.25, 0.3) is 0 Å². The van der Waals surface area contributed by atoms with Crippen LogP contribution in [0.5, 0.6) is 5.75 Å². The first kappa shape index (κ1) is 20.7. The average Bonchev–Trinajstić information content (AvgIpc) is 2.79. The first-order valence-corrected chi connectivity index (χ1v) is 10.3. The normalized spacial score (nSPS) is 17.8. The van der Waals surface area contributed by atoms with Gasteiger partial charge in [-0.1, -0.05) is 48.0 Å². The van der Waals surface area contributed by atoms with Crippen LogP contribution in [0.1, 0.15) is 34.0 Å². The quantitative estimate of drug-likeness (QED) is 0.678. The van der Waals surface area contributed by atoms with E-state index in [-0.39, 0.29) is 11.8 Å². The van der Waals surface area contributed by atoms with Gasteiger partial charge in [0.2, 0.25) is 5.91 Å². The molecular formula is C26H26N2O3. The Bertz CT molecular complexity index is 1110. The molecule has 5 heteroatoms. The number of hydrogen-bond acceptors (Lipinski definition) is 3. The summed E-state index contributed by atoms with van der Waals surface area (Å²) in [6.07, 6.45) is 0.431. The van der Waals surface area contributed by atoms with Gasteiger partial charge in [-0.3, -0.25) is 14.5 Å². The molecule has 5 nitrogen and oxygen atoms in total. The smallest absolute Gasteiger partial charge is 0.259 e. The predicted molar refractivity (Wildman–Crippen MR) is 121 cm³/mol. The predicted octanol–water partition coefficient (Wildman–Crippen LogP) is 4.28. The van der Waals surface area contributed by atoms with Crippen LogP contribution in [-0.4, -0.2) is 24.5 Å². The van der Waals surface area contributed by atoms with Crippen LogP contribution in [0.15, 0.2) is 72.8 Å². The van der Waals surface area contributed by atoms with Crippen LogP contribution in [-0.2, 0) is 17.8 Å². The number of carbonyl (C=O) groups excluding carboxylic acids is 2. The zero-order valence-corrected chi connectivity index (χ0v) is 18.0. The average molecular weight is 415 g/mol. The molecule has 1 heterocycles. The summed E-state index contributed by atoms with van der Waals surface area (Å²) >= 11 is 0. The van der Waals surface area contributed by atoms with Gasteiger partial charge in [0.1, 0.15) is 11.3 Å². The lowest BCUT2D eigenvalue weighted by Crippen LogP contribution is -2.63. The summed E-state index contributed by atoms with van der Waals surface area (Å²) in [5.41, 5.74) is 3.29. The third-order valence-corrected chi connectivity index (χ3v) is 5.87. The number of anilines is 1. The highest BCUT2D eigenvalue weighted by molar-refractivity contribution is 6.14. The van der Waals surface area contributed by atoms with E-state index < -0.39 is 5.54 Å². The van der Waals surface area contributed by atoms with Gasteiger partial charge in [0.15, 0.2) is 0 Å². The van der Waals surface area contributed by atoms with E-state index in [0.717, 1.165) is 11.1 Å². The number of carbonyl (C=O) groups is 2. The largest absolute Gasteiger partial charge is 0.497 e. The fraction of sp³-hybridized carbons (Fsp3) is 0.231. The van der Waals surface area contributed by atoms with E-state index in [0.29, 0.717) is 30.0 Å². The van der Waals surface area contributed by atoms with Crippen molar-refractivity contribution in [2.45, 2.75) is 32.4 Å². The van der Waals surface area contributed by atoms with E-state index in [9.17, 15) is 9.59 Å². The monoisotopic (exact) mass is 414 g/mol. The van der Waals surface area contributed by atoms with Crippen molar-refractivity contribution >= 4 is 17.5 Å². The highest BCUT2D eigenvalue weighted by Gasteiger charge is 2.47. The molecule has 2 amide bonds. The molecule has 3 aromatic rings. The number of benzene rings is 3. The van der Waals surface area contributed by atoms with E-state index in [1.165, 1.54) is 5.56 Å². The minimum atomic E-state index is -1.06. The standard InChI is InChI=1S/C26H26N2O3/c1-18-8-10-19(11-9-18)17-27-25(30)26(2)16-20-6-4-5-7-23(20)24(29)28(26)21-12-14-22(31-3)15-13-21/h4-15H,16-17H2,1-3H3,(H,27,30). The number of fused-ring (bicyclic) bond motifs is 1. The van der Waals surface area contributed by atoms with Gasteiger partial charge in [0, 0.05) is 24.2 Å². The van der Waals surface area contributed by atoms with Crippen molar-refractivity contribution in [2.75, 3.05) is 12.0 Å². The molecule has 0 saturated carbocycles. The first-order chi connectivity index (χ1) is 14.9. The summed E-state index contributed by atoms with van der Waals surface area (Å²) in [6.45, 7) is 4.26. The minimum Gasteiger partial charge on any atom is -0.497 e. The highest BCUT2D eigenvalue weighted by atomic mass is 16.5. The lowest BCUT2D eigenvalue weighted by molar-refractivity contribution is -0.126. The van der Waals surface area contributed by atoms with Crippen molar-refractivity contribution in [3.05, 3.63) is 95.1 Å². The van der Waals surface area contributed by atoms with Gasteiger partial charge in [0.25, 0.3) is 5.91 Å². The van der Waals surface area contributed by atoms with Crippen LogP contribution in [0, 0.1) is 6.92 Å². The maximum atomic E-state index is 13.5. The molecule has 0 aliphatic carbocycles. The maximum absolute atomic E-state index is 13.5. The second-order valence-electron chi connectivity index (χ2n) is 8.11. The Kier molecular flexibility index (Phi) is 5.51. The molecule has 31 heavy (non-hydrogen) atoms. The zero-order chi connectivity index (χ0) is 22.0. The third kappa shape index (κ3) is 3.91. The molecular weight excluding hydrogens is 388 g/mol. The Hall–Kier alpha value is -3.60. The third-order valence-electron chi connectivity index (χ3n) is 5.87. The number of amides is 2. The van der Waals surface area contributed by atoms with Crippen LogP contribution in [0.2, 0.25) is 0 Å². The van der Waals surface area contributed by atoms with Gasteiger partial charge in [-0.15, -0.1) is 0 Å². The molecule has 3 aromatic carbocycles. The molecule has 0 fully saturated rings. The van der Waals surface area contributed by atoms with Crippen molar-refractivity contribution in [1.82, 2.24) is 5.32 Å². The van der Waals surface area contributed by atoms with Crippen LogP contribution in [0.3, 0.4) is 0 Å². The number of nitrogens with one attached hydrogen (secondary N) is 1. The molecule has 158 valence electrons. The molecule has 0 radical (unpaired) electrons. The molecule has 1 unspecified atom stereocenters. The second-order valence-corrected chi connectivity index (χ2v) is 8.11.